The Balaban J connectivity index is 2.21. The molecule has 0 spiro atoms. The maximum absolute atomic E-state index is 12.7. The number of ether oxygens (including phenoxy) is 1. The molecule has 1 aliphatic heterocycles. The number of nitrogens with zero attached hydrogens (tertiary/aromatic N) is 4. The second kappa shape index (κ2) is 9.54. The first kappa shape index (κ1) is 22.4. The molecule has 9 nitrogen and oxygen atoms in total. The van der Waals surface area contributed by atoms with Gasteiger partial charge in [-0.2, -0.15) is 4.31 Å². The Bertz CT molecular complexity index is 787. The van der Waals surface area contributed by atoms with Crippen molar-refractivity contribution in [2.75, 3.05) is 64.9 Å². The van der Waals surface area contributed by atoms with Crippen LogP contribution in [0.15, 0.2) is 23.1 Å². The summed E-state index contributed by atoms with van der Waals surface area (Å²) in [4.78, 5) is 13.7. The van der Waals surface area contributed by atoms with Crippen molar-refractivity contribution in [1.29, 1.82) is 0 Å². The predicted octanol–water partition coefficient (Wildman–Crippen LogP) is 1.25. The summed E-state index contributed by atoms with van der Waals surface area (Å²) in [5, 5.41) is 11.5. The van der Waals surface area contributed by atoms with Gasteiger partial charge in [-0.05, 0) is 19.2 Å². The molecule has 0 N–H and O–H groups in total. The second-order valence-corrected chi connectivity index (χ2v) is 8.44. The van der Waals surface area contributed by atoms with E-state index in [-0.39, 0.29) is 55.7 Å². The highest BCUT2D eigenvalue weighted by molar-refractivity contribution is 7.89. The van der Waals surface area contributed by atoms with Gasteiger partial charge >= 0.3 is 0 Å². The van der Waals surface area contributed by atoms with Crippen molar-refractivity contribution >= 4 is 21.4 Å². The maximum Gasteiger partial charge on any atom is 0.293 e. The number of nitro benzene ring substituents is 1. The molecule has 0 saturated carbocycles. The Kier molecular flexibility index (Phi) is 7.63. The molecule has 0 unspecified atom stereocenters. The summed E-state index contributed by atoms with van der Waals surface area (Å²) < 4.78 is 56.6. The molecule has 1 aliphatic rings. The number of rotatable bonds is 9. The lowest BCUT2D eigenvalue weighted by Gasteiger charge is -2.26. The molecule has 1 saturated heterocycles. The zero-order chi connectivity index (χ0) is 20.9. The molecule has 1 heterocycles. The lowest BCUT2D eigenvalue weighted by molar-refractivity contribution is -0.384. The van der Waals surface area contributed by atoms with Crippen LogP contribution in [0.4, 0.5) is 20.2 Å². The van der Waals surface area contributed by atoms with Crippen LogP contribution in [0.3, 0.4) is 0 Å². The number of hydrogen-bond donors (Lipinski definition) is 0. The number of anilines is 1. The van der Waals surface area contributed by atoms with E-state index in [1.54, 1.807) is 11.9 Å². The van der Waals surface area contributed by atoms with Gasteiger partial charge in [0.25, 0.3) is 12.1 Å². The van der Waals surface area contributed by atoms with Crippen molar-refractivity contribution in [3.8, 4) is 0 Å². The lowest BCUT2D eigenvalue weighted by atomic mass is 10.2. The number of nitro groups is 1. The Labute approximate surface area is 162 Å². The average molecular weight is 422 g/mol. The minimum atomic E-state index is -3.86. The zero-order valence-electron chi connectivity index (χ0n) is 15.8. The largest absolute Gasteiger partial charge is 0.379 e. The van der Waals surface area contributed by atoms with Gasteiger partial charge in [0, 0.05) is 39.3 Å². The van der Waals surface area contributed by atoms with E-state index in [2.05, 4.69) is 0 Å². The summed E-state index contributed by atoms with van der Waals surface area (Å²) in [6, 6.07) is 3.74. The van der Waals surface area contributed by atoms with E-state index in [4.69, 9.17) is 4.74 Å². The number of likely N-dealkylation sites (N-methyl/N-ethyl adjacent to an activating group) is 2. The Morgan fingerprint density at radius 2 is 1.89 bits per heavy atom. The molecule has 0 bridgehead atoms. The molecular formula is C16H24F2N4O5S. The van der Waals surface area contributed by atoms with Gasteiger partial charge in [-0.25, -0.2) is 17.2 Å². The van der Waals surface area contributed by atoms with E-state index in [0.29, 0.717) is 0 Å². The number of sulfonamides is 1. The molecule has 0 amide bonds. The first-order valence-electron chi connectivity index (χ1n) is 8.67. The molecule has 2 rings (SSSR count). The van der Waals surface area contributed by atoms with Gasteiger partial charge in [0.05, 0.1) is 29.6 Å². The first-order valence-corrected chi connectivity index (χ1v) is 10.1. The lowest BCUT2D eigenvalue weighted by Crippen LogP contribution is -2.40. The Hall–Kier alpha value is -1.89. The molecule has 0 aliphatic carbocycles. The van der Waals surface area contributed by atoms with Gasteiger partial charge in [0.2, 0.25) is 10.0 Å². The number of halogens is 2. The van der Waals surface area contributed by atoms with Crippen LogP contribution in [0, 0.1) is 10.1 Å². The first-order chi connectivity index (χ1) is 13.1. The van der Waals surface area contributed by atoms with E-state index < -0.39 is 27.9 Å². The van der Waals surface area contributed by atoms with Crippen LogP contribution in [-0.2, 0) is 14.8 Å². The van der Waals surface area contributed by atoms with E-state index >= 15 is 0 Å². The van der Waals surface area contributed by atoms with Crippen LogP contribution in [-0.4, -0.2) is 89.0 Å². The summed E-state index contributed by atoms with van der Waals surface area (Å²) in [5.41, 5.74) is -0.135. The number of alkyl halides is 2. The van der Waals surface area contributed by atoms with E-state index in [0.717, 1.165) is 6.07 Å². The molecule has 1 aromatic rings. The quantitative estimate of drug-likeness (QED) is 0.436. The fraction of sp³-hybridized carbons (Fsp3) is 0.625. The van der Waals surface area contributed by atoms with Crippen molar-refractivity contribution in [2.24, 2.45) is 0 Å². The van der Waals surface area contributed by atoms with Crippen LogP contribution >= 0.6 is 0 Å². The van der Waals surface area contributed by atoms with Gasteiger partial charge in [-0.1, -0.05) is 0 Å². The van der Waals surface area contributed by atoms with Gasteiger partial charge in [0.15, 0.2) is 0 Å². The third-order valence-corrected chi connectivity index (χ3v) is 6.32. The van der Waals surface area contributed by atoms with E-state index in [1.165, 1.54) is 28.4 Å². The van der Waals surface area contributed by atoms with Gasteiger partial charge < -0.3 is 9.64 Å². The summed E-state index contributed by atoms with van der Waals surface area (Å²) in [5.74, 6) is 0. The summed E-state index contributed by atoms with van der Waals surface area (Å²) in [6.45, 7) is 1.06. The monoisotopic (exact) mass is 422 g/mol. The zero-order valence-corrected chi connectivity index (χ0v) is 16.6. The highest BCUT2D eigenvalue weighted by Crippen LogP contribution is 2.31. The molecular weight excluding hydrogens is 398 g/mol. The highest BCUT2D eigenvalue weighted by atomic mass is 32.2. The maximum atomic E-state index is 12.7. The third kappa shape index (κ3) is 5.56. The van der Waals surface area contributed by atoms with Crippen molar-refractivity contribution in [2.45, 2.75) is 11.3 Å². The Morgan fingerprint density at radius 3 is 2.46 bits per heavy atom. The standard InChI is InChI=1S/C16H24F2N4O5S/c1-19(12-16(17)18)5-6-20(2)14-4-3-13(11-15(14)22(23)24)28(25,26)21-7-9-27-10-8-21/h3-4,11,16H,5-10,12H2,1-2H3. The number of benzene rings is 1. The molecule has 158 valence electrons. The van der Waals surface area contributed by atoms with Crippen molar-refractivity contribution in [3.63, 3.8) is 0 Å². The van der Waals surface area contributed by atoms with Gasteiger partial charge in [0.1, 0.15) is 5.69 Å². The number of morpholine rings is 1. The average Bonchev–Trinajstić information content (AvgIpc) is 2.65. The van der Waals surface area contributed by atoms with Crippen molar-refractivity contribution in [1.82, 2.24) is 9.21 Å². The van der Waals surface area contributed by atoms with E-state index in [9.17, 15) is 27.3 Å². The summed E-state index contributed by atoms with van der Waals surface area (Å²) >= 11 is 0. The highest BCUT2D eigenvalue weighted by Gasteiger charge is 2.29. The molecule has 0 aromatic heterocycles. The molecule has 0 radical (unpaired) electrons. The smallest absolute Gasteiger partial charge is 0.293 e. The minimum Gasteiger partial charge on any atom is -0.379 e. The van der Waals surface area contributed by atoms with Crippen molar-refractivity contribution < 1.29 is 26.9 Å². The molecule has 12 heteroatoms. The fourth-order valence-corrected chi connectivity index (χ4v) is 4.27. The molecule has 1 fully saturated rings. The molecule has 0 atom stereocenters. The summed E-state index contributed by atoms with van der Waals surface area (Å²) in [6.07, 6.45) is -2.46. The number of hydrogen-bond acceptors (Lipinski definition) is 7. The normalized spacial score (nSPS) is 15.9. The van der Waals surface area contributed by atoms with Crippen molar-refractivity contribution in [3.05, 3.63) is 28.3 Å². The predicted molar refractivity (Wildman–Crippen MR) is 99.4 cm³/mol. The third-order valence-electron chi connectivity index (χ3n) is 4.43. The van der Waals surface area contributed by atoms with Gasteiger partial charge in [-0.15, -0.1) is 0 Å². The molecule has 1 aromatic carbocycles. The van der Waals surface area contributed by atoms with E-state index in [1.807, 2.05) is 0 Å². The SMILES string of the molecule is CN(CCN(C)c1ccc(S(=O)(=O)N2CCOCC2)cc1[N+](=O)[O-])CC(F)F. The van der Waals surface area contributed by atoms with Crippen LogP contribution in [0.5, 0.6) is 0 Å². The summed E-state index contributed by atoms with van der Waals surface area (Å²) in [7, 11) is -0.735. The minimum absolute atomic E-state index is 0.159. The topological polar surface area (TPSA) is 96.2 Å². The Morgan fingerprint density at radius 1 is 1.25 bits per heavy atom. The van der Waals surface area contributed by atoms with Crippen LogP contribution in [0.25, 0.3) is 0 Å². The van der Waals surface area contributed by atoms with Gasteiger partial charge in [-0.3, -0.25) is 15.0 Å². The van der Waals surface area contributed by atoms with Crippen LogP contribution < -0.4 is 4.90 Å². The van der Waals surface area contributed by atoms with Crippen LogP contribution in [0.1, 0.15) is 0 Å². The molecule has 28 heavy (non-hydrogen) atoms. The second-order valence-electron chi connectivity index (χ2n) is 6.50. The fourth-order valence-electron chi connectivity index (χ4n) is 2.84. The van der Waals surface area contributed by atoms with Crippen LogP contribution in [0.2, 0.25) is 0 Å².